The number of hydrogen-bond donors (Lipinski definition) is 1. The minimum absolute atomic E-state index is 0.318. The van der Waals surface area contributed by atoms with Crippen LogP contribution in [0.1, 0.15) is 5.56 Å². The van der Waals surface area contributed by atoms with Gasteiger partial charge in [0.1, 0.15) is 18.4 Å². The van der Waals surface area contributed by atoms with Gasteiger partial charge in [0.25, 0.3) is 0 Å². The number of aromatic nitrogens is 3. The molecule has 35 heavy (non-hydrogen) atoms. The fourth-order valence-corrected chi connectivity index (χ4v) is 4.29. The van der Waals surface area contributed by atoms with Crippen molar-refractivity contribution >= 4 is 57.2 Å². The predicted octanol–water partition coefficient (Wildman–Crippen LogP) is 6.37. The van der Waals surface area contributed by atoms with Crippen LogP contribution in [0, 0.1) is 0 Å². The molecule has 0 atom stereocenters. The lowest BCUT2D eigenvalue weighted by molar-refractivity contribution is 0.172. The maximum Gasteiger partial charge on any atom is 0.244 e. The number of fused-ring (bicyclic) bond motifs is 3. The van der Waals surface area contributed by atoms with E-state index < -0.39 is 0 Å². The molecule has 2 aromatic heterocycles. The first-order chi connectivity index (χ1) is 17.1. The van der Waals surface area contributed by atoms with Crippen LogP contribution in [0.5, 0.6) is 11.5 Å². The number of hydrogen-bond acceptors (Lipinski definition) is 7. The summed E-state index contributed by atoms with van der Waals surface area (Å²) in [6.45, 7) is 1.03. The van der Waals surface area contributed by atoms with Crippen molar-refractivity contribution < 1.29 is 9.47 Å². The molecular formula is C26H17Cl2N5O2. The first kappa shape index (κ1) is 21.6. The second-order valence-corrected chi connectivity index (χ2v) is 8.64. The first-order valence-corrected chi connectivity index (χ1v) is 11.6. The van der Waals surface area contributed by atoms with Gasteiger partial charge in [-0.05, 0) is 30.3 Å². The summed E-state index contributed by atoms with van der Waals surface area (Å²) in [6.07, 6.45) is 1.59. The molecule has 0 saturated heterocycles. The second kappa shape index (κ2) is 9.02. The fraction of sp³-hybridized carbons (Fsp3) is 0.0769. The van der Waals surface area contributed by atoms with Crippen LogP contribution in [-0.2, 0) is 0 Å². The van der Waals surface area contributed by atoms with E-state index in [1.807, 2.05) is 60.7 Å². The predicted molar refractivity (Wildman–Crippen MR) is 139 cm³/mol. The van der Waals surface area contributed by atoms with Gasteiger partial charge in [0.15, 0.2) is 11.5 Å². The molecule has 0 unspecified atom stereocenters. The molecule has 0 saturated carbocycles. The summed E-state index contributed by atoms with van der Waals surface area (Å²) in [4.78, 5) is 13.8. The number of ether oxygens (including phenoxy) is 2. The minimum Gasteiger partial charge on any atom is -0.486 e. The number of nitrogens with zero attached hydrogens (tertiary/aromatic N) is 4. The maximum absolute atomic E-state index is 6.42. The van der Waals surface area contributed by atoms with Crippen LogP contribution >= 0.6 is 23.2 Å². The van der Waals surface area contributed by atoms with Crippen LogP contribution in [0.25, 0.3) is 33.1 Å². The molecule has 6 rings (SSSR count). The quantitative estimate of drug-likeness (QED) is 0.175. The summed E-state index contributed by atoms with van der Waals surface area (Å²) in [5, 5.41) is 6.98. The molecule has 5 aromatic rings. The molecule has 1 N–H and O–H groups in total. The minimum atomic E-state index is 0.318. The molecule has 0 amide bonds. The van der Waals surface area contributed by atoms with Crippen LogP contribution in [0.4, 0.5) is 5.95 Å². The fourth-order valence-electron chi connectivity index (χ4n) is 3.92. The van der Waals surface area contributed by atoms with E-state index in [2.05, 4.69) is 20.5 Å². The highest BCUT2D eigenvalue weighted by atomic mass is 35.5. The summed E-state index contributed by atoms with van der Waals surface area (Å²) in [6, 6.07) is 21.0. The summed E-state index contributed by atoms with van der Waals surface area (Å²) in [5.74, 6) is 1.70. The number of pyridine rings is 1. The van der Waals surface area contributed by atoms with Gasteiger partial charge < -0.3 is 9.47 Å². The summed E-state index contributed by atoms with van der Waals surface area (Å²) in [7, 11) is 0. The monoisotopic (exact) mass is 501 g/mol. The highest BCUT2D eigenvalue weighted by Gasteiger charge is 2.15. The lowest BCUT2D eigenvalue weighted by atomic mass is 10.1. The summed E-state index contributed by atoms with van der Waals surface area (Å²) in [5.41, 5.74) is 6.73. The average molecular weight is 502 g/mol. The van der Waals surface area contributed by atoms with Crippen LogP contribution in [-0.4, -0.2) is 34.4 Å². The molecule has 7 nitrogen and oxygen atoms in total. The molecule has 1 aliphatic rings. The maximum atomic E-state index is 6.42. The van der Waals surface area contributed by atoms with Gasteiger partial charge in [-0.2, -0.15) is 5.10 Å². The number of halogens is 2. The molecule has 1 aliphatic heterocycles. The molecule has 0 bridgehead atoms. The Kier molecular flexibility index (Phi) is 5.56. The van der Waals surface area contributed by atoms with Crippen molar-refractivity contribution in [1.29, 1.82) is 0 Å². The van der Waals surface area contributed by atoms with Crippen LogP contribution < -0.4 is 14.9 Å². The molecule has 3 aromatic carbocycles. The van der Waals surface area contributed by atoms with E-state index >= 15 is 0 Å². The lowest BCUT2D eigenvalue weighted by Crippen LogP contribution is -2.15. The van der Waals surface area contributed by atoms with Crippen molar-refractivity contribution in [3.8, 4) is 22.8 Å². The van der Waals surface area contributed by atoms with Gasteiger partial charge >= 0.3 is 0 Å². The topological polar surface area (TPSA) is 81.5 Å². The largest absolute Gasteiger partial charge is 0.486 e. The first-order valence-electron chi connectivity index (χ1n) is 10.9. The van der Waals surface area contributed by atoms with E-state index in [1.54, 1.807) is 12.3 Å². The second-order valence-electron chi connectivity index (χ2n) is 7.85. The highest BCUT2D eigenvalue weighted by molar-refractivity contribution is 6.32. The molecular weight excluding hydrogens is 485 g/mol. The van der Waals surface area contributed by atoms with Gasteiger partial charge in [0.05, 0.1) is 22.9 Å². The van der Waals surface area contributed by atoms with E-state index in [0.717, 1.165) is 27.5 Å². The Labute approximate surface area is 210 Å². The Morgan fingerprint density at radius 2 is 1.63 bits per heavy atom. The normalized spacial score (nSPS) is 13.0. The zero-order valence-electron chi connectivity index (χ0n) is 18.2. The van der Waals surface area contributed by atoms with Gasteiger partial charge in [-0.25, -0.2) is 20.4 Å². The molecule has 0 radical (unpaired) electrons. The van der Waals surface area contributed by atoms with Crippen LogP contribution in [0.15, 0.2) is 71.8 Å². The van der Waals surface area contributed by atoms with Crippen LogP contribution in [0.3, 0.4) is 0 Å². The van der Waals surface area contributed by atoms with E-state index in [1.165, 1.54) is 0 Å². The third-order valence-electron chi connectivity index (χ3n) is 5.53. The molecule has 172 valence electrons. The van der Waals surface area contributed by atoms with Crippen molar-refractivity contribution in [2.45, 2.75) is 0 Å². The van der Waals surface area contributed by atoms with E-state index in [-0.39, 0.29) is 0 Å². The standard InChI is InChI=1S/C26H17Cl2N5O2/c27-18-6-7-20-19(12-18)24(15-4-2-1-3-5-15)32-26(31-20)33-29-14-17-10-16-11-22-23(35-9-8-34-22)13-21(16)30-25(17)28/h1-7,10-14H,8-9H2,(H,31,32,33)/b29-14+. The third-order valence-corrected chi connectivity index (χ3v) is 6.07. The van der Waals surface area contributed by atoms with E-state index in [4.69, 9.17) is 37.7 Å². The molecule has 3 heterocycles. The van der Waals surface area contributed by atoms with Crippen molar-refractivity contribution in [1.82, 2.24) is 15.0 Å². The highest BCUT2D eigenvalue weighted by Crippen LogP contribution is 2.35. The average Bonchev–Trinajstić information content (AvgIpc) is 2.88. The van der Waals surface area contributed by atoms with Crippen LogP contribution in [0.2, 0.25) is 10.2 Å². The number of nitrogens with one attached hydrogen (secondary N) is 1. The number of anilines is 1. The van der Waals surface area contributed by atoms with E-state index in [0.29, 0.717) is 51.9 Å². The van der Waals surface area contributed by atoms with Gasteiger partial charge in [0, 0.05) is 33.0 Å². The molecule has 0 spiro atoms. The third kappa shape index (κ3) is 4.32. The van der Waals surface area contributed by atoms with Crippen molar-refractivity contribution in [2.24, 2.45) is 5.10 Å². The van der Waals surface area contributed by atoms with Gasteiger partial charge in [-0.1, -0.05) is 53.5 Å². The van der Waals surface area contributed by atoms with Gasteiger partial charge in [0.2, 0.25) is 5.95 Å². The van der Waals surface area contributed by atoms with Crippen molar-refractivity contribution in [3.63, 3.8) is 0 Å². The van der Waals surface area contributed by atoms with Crippen molar-refractivity contribution in [2.75, 3.05) is 18.6 Å². The zero-order chi connectivity index (χ0) is 23.8. The molecule has 9 heteroatoms. The summed E-state index contributed by atoms with van der Waals surface area (Å²) >= 11 is 12.7. The number of hydrazone groups is 1. The Morgan fingerprint density at radius 3 is 2.46 bits per heavy atom. The van der Waals surface area contributed by atoms with Crippen molar-refractivity contribution in [3.05, 3.63) is 82.5 Å². The van der Waals surface area contributed by atoms with E-state index in [9.17, 15) is 0 Å². The summed E-state index contributed by atoms with van der Waals surface area (Å²) < 4.78 is 11.3. The molecule has 0 fully saturated rings. The lowest BCUT2D eigenvalue weighted by Gasteiger charge is -2.18. The number of rotatable bonds is 4. The number of benzene rings is 3. The Bertz CT molecular complexity index is 1610. The SMILES string of the molecule is Clc1ccc2nc(N/N=C/c3cc4cc5c(cc4nc3Cl)OCCO5)nc(-c3ccccc3)c2c1. The Balaban J connectivity index is 1.33. The molecule has 0 aliphatic carbocycles. The van der Waals surface area contributed by atoms with Gasteiger partial charge in [-0.3, -0.25) is 0 Å². The smallest absolute Gasteiger partial charge is 0.244 e. The van der Waals surface area contributed by atoms with Gasteiger partial charge in [-0.15, -0.1) is 0 Å². The Morgan fingerprint density at radius 1 is 0.829 bits per heavy atom. The Hall–Kier alpha value is -3.94. The zero-order valence-corrected chi connectivity index (χ0v) is 19.7.